The van der Waals surface area contributed by atoms with Gasteiger partial charge in [-0.2, -0.15) is 0 Å². The first kappa shape index (κ1) is 13.1. The summed E-state index contributed by atoms with van der Waals surface area (Å²) < 4.78 is 5.21. The van der Waals surface area contributed by atoms with E-state index in [1.807, 2.05) is 6.92 Å². The van der Waals surface area contributed by atoms with Crippen LogP contribution < -0.4 is 0 Å². The van der Waals surface area contributed by atoms with Crippen LogP contribution in [0.3, 0.4) is 0 Å². The summed E-state index contributed by atoms with van der Waals surface area (Å²) in [5.41, 5.74) is 0.324. The van der Waals surface area contributed by atoms with E-state index in [4.69, 9.17) is 4.52 Å². The number of nitrogens with zero attached hydrogens (tertiary/aromatic N) is 3. The minimum atomic E-state index is -0.202. The Kier molecular flexibility index (Phi) is 3.46. The molecule has 6 nitrogen and oxygen atoms in total. The van der Waals surface area contributed by atoms with Crippen LogP contribution in [0, 0.1) is 0 Å². The first-order valence-corrected chi connectivity index (χ1v) is 7.22. The van der Waals surface area contributed by atoms with Crippen LogP contribution in [0.1, 0.15) is 48.4 Å². The number of amides is 2. The van der Waals surface area contributed by atoms with Crippen molar-refractivity contribution in [2.75, 3.05) is 26.2 Å². The summed E-state index contributed by atoms with van der Waals surface area (Å²) >= 11 is 0. The molecule has 108 valence electrons. The van der Waals surface area contributed by atoms with Crippen molar-refractivity contribution in [2.24, 2.45) is 0 Å². The summed E-state index contributed by atoms with van der Waals surface area (Å²) in [6.07, 6.45) is 3.02. The second kappa shape index (κ2) is 5.26. The van der Waals surface area contributed by atoms with Gasteiger partial charge in [0.25, 0.3) is 5.91 Å². The molecule has 1 aromatic rings. The minimum Gasteiger partial charge on any atom is -0.360 e. The zero-order chi connectivity index (χ0) is 14.1. The molecule has 0 spiro atoms. The molecule has 0 atom stereocenters. The molecule has 0 unspecified atom stereocenters. The number of hydrogen-bond donors (Lipinski definition) is 0. The summed E-state index contributed by atoms with van der Waals surface area (Å²) in [5.74, 6) is 1.03. The lowest BCUT2D eigenvalue weighted by Crippen LogP contribution is -2.39. The van der Waals surface area contributed by atoms with Gasteiger partial charge in [-0.25, -0.2) is 0 Å². The van der Waals surface area contributed by atoms with Crippen LogP contribution in [-0.2, 0) is 4.79 Å². The molecule has 6 heteroatoms. The van der Waals surface area contributed by atoms with Crippen LogP contribution in [0.5, 0.6) is 0 Å². The zero-order valence-electron chi connectivity index (χ0n) is 11.7. The third kappa shape index (κ3) is 2.55. The third-order valence-electron chi connectivity index (χ3n) is 3.93. The lowest BCUT2D eigenvalue weighted by molar-refractivity contribution is -0.130. The molecular weight excluding hydrogens is 258 g/mol. The minimum absolute atomic E-state index is 0.00395. The molecule has 2 amide bonds. The molecule has 0 aromatic carbocycles. The van der Waals surface area contributed by atoms with E-state index in [1.165, 1.54) is 0 Å². The predicted molar refractivity (Wildman–Crippen MR) is 71.3 cm³/mol. The van der Waals surface area contributed by atoms with Gasteiger partial charge in [-0.3, -0.25) is 9.59 Å². The van der Waals surface area contributed by atoms with Crippen LogP contribution in [0.2, 0.25) is 0 Å². The maximum absolute atomic E-state index is 12.4. The zero-order valence-corrected chi connectivity index (χ0v) is 11.7. The number of hydrogen-bond acceptors (Lipinski definition) is 4. The molecule has 20 heavy (non-hydrogen) atoms. The van der Waals surface area contributed by atoms with E-state index < -0.39 is 0 Å². The fourth-order valence-electron chi connectivity index (χ4n) is 2.54. The van der Waals surface area contributed by atoms with Crippen LogP contribution in [0.25, 0.3) is 0 Å². The largest absolute Gasteiger partial charge is 0.360 e. The van der Waals surface area contributed by atoms with Crippen LogP contribution >= 0.6 is 0 Å². The van der Waals surface area contributed by atoms with Crippen molar-refractivity contribution in [3.63, 3.8) is 0 Å². The Bertz CT molecular complexity index is 521. The van der Waals surface area contributed by atoms with Crippen molar-refractivity contribution in [3.8, 4) is 0 Å². The van der Waals surface area contributed by atoms with Gasteiger partial charge < -0.3 is 14.3 Å². The second-order valence-electron chi connectivity index (χ2n) is 5.44. The van der Waals surface area contributed by atoms with Crippen LogP contribution in [0.4, 0.5) is 0 Å². The smallest absolute Gasteiger partial charge is 0.276 e. The molecule has 2 aliphatic rings. The van der Waals surface area contributed by atoms with E-state index in [9.17, 15) is 9.59 Å². The van der Waals surface area contributed by atoms with Crippen molar-refractivity contribution in [2.45, 2.75) is 32.1 Å². The fourth-order valence-corrected chi connectivity index (χ4v) is 2.54. The summed E-state index contributed by atoms with van der Waals surface area (Å²) in [4.78, 5) is 27.7. The van der Waals surface area contributed by atoms with Gasteiger partial charge in [-0.1, -0.05) is 5.16 Å². The SMILES string of the molecule is CCN1CCCN(C(=O)c2cc(C3CC3)on2)CC1=O. The fraction of sp³-hybridized carbons (Fsp3) is 0.643. The van der Waals surface area contributed by atoms with Crippen molar-refractivity contribution in [1.29, 1.82) is 0 Å². The predicted octanol–water partition coefficient (Wildman–Crippen LogP) is 1.25. The molecule has 1 aromatic heterocycles. The highest BCUT2D eigenvalue weighted by molar-refractivity contribution is 5.95. The Morgan fingerprint density at radius 2 is 2.25 bits per heavy atom. The highest BCUT2D eigenvalue weighted by atomic mass is 16.5. The Balaban J connectivity index is 1.70. The van der Waals surface area contributed by atoms with Gasteiger partial charge in [0.1, 0.15) is 12.3 Å². The first-order chi connectivity index (χ1) is 9.69. The number of carbonyl (C=O) groups excluding carboxylic acids is 2. The first-order valence-electron chi connectivity index (χ1n) is 7.22. The molecule has 1 saturated carbocycles. The van der Waals surface area contributed by atoms with E-state index in [0.29, 0.717) is 31.2 Å². The van der Waals surface area contributed by atoms with Crippen LogP contribution in [0.15, 0.2) is 10.6 Å². The van der Waals surface area contributed by atoms with Crippen molar-refractivity contribution in [1.82, 2.24) is 15.0 Å². The standard InChI is InChI=1S/C14H19N3O3/c1-2-16-6-3-7-17(9-13(16)18)14(19)11-8-12(20-15-11)10-4-5-10/h8,10H,2-7,9H2,1H3. The van der Waals surface area contributed by atoms with Crippen molar-refractivity contribution in [3.05, 3.63) is 17.5 Å². The van der Waals surface area contributed by atoms with Gasteiger partial charge in [-0.15, -0.1) is 0 Å². The van der Waals surface area contributed by atoms with Gasteiger partial charge in [0, 0.05) is 31.6 Å². The van der Waals surface area contributed by atoms with E-state index >= 15 is 0 Å². The van der Waals surface area contributed by atoms with Crippen LogP contribution in [-0.4, -0.2) is 52.9 Å². The Hall–Kier alpha value is -1.85. The lowest BCUT2D eigenvalue weighted by atomic mass is 10.2. The molecule has 3 rings (SSSR count). The molecule has 1 aliphatic heterocycles. The van der Waals surface area contributed by atoms with E-state index in [-0.39, 0.29) is 18.4 Å². The van der Waals surface area contributed by atoms with Gasteiger partial charge in [-0.05, 0) is 26.2 Å². The quantitative estimate of drug-likeness (QED) is 0.834. The molecule has 0 N–H and O–H groups in total. The molecule has 1 saturated heterocycles. The van der Waals surface area contributed by atoms with Gasteiger partial charge in [0.2, 0.25) is 5.91 Å². The Morgan fingerprint density at radius 1 is 1.45 bits per heavy atom. The average Bonchev–Trinajstić information content (AvgIpc) is 3.21. The molecule has 0 bridgehead atoms. The molecule has 1 aliphatic carbocycles. The Labute approximate surface area is 117 Å². The third-order valence-corrected chi connectivity index (χ3v) is 3.93. The van der Waals surface area contributed by atoms with Gasteiger partial charge in [0.05, 0.1) is 0 Å². The highest BCUT2D eigenvalue weighted by Crippen LogP contribution is 2.40. The van der Waals surface area contributed by atoms with E-state index in [0.717, 1.165) is 25.0 Å². The maximum atomic E-state index is 12.4. The Morgan fingerprint density at radius 3 is 2.95 bits per heavy atom. The second-order valence-corrected chi connectivity index (χ2v) is 5.44. The normalized spacial score (nSPS) is 20.1. The monoisotopic (exact) mass is 277 g/mol. The number of likely N-dealkylation sites (N-methyl/N-ethyl adjacent to an activating group) is 1. The number of rotatable bonds is 3. The average molecular weight is 277 g/mol. The maximum Gasteiger partial charge on any atom is 0.276 e. The molecular formula is C14H19N3O3. The van der Waals surface area contributed by atoms with E-state index in [1.54, 1.807) is 15.9 Å². The van der Waals surface area contributed by atoms with E-state index in [2.05, 4.69) is 5.16 Å². The van der Waals surface area contributed by atoms with Gasteiger partial charge in [0.15, 0.2) is 5.69 Å². The summed E-state index contributed by atoms with van der Waals surface area (Å²) in [5, 5.41) is 3.86. The van der Waals surface area contributed by atoms with Gasteiger partial charge >= 0.3 is 0 Å². The summed E-state index contributed by atoms with van der Waals surface area (Å²) in [6.45, 7) is 4.09. The number of aromatic nitrogens is 1. The topological polar surface area (TPSA) is 66.7 Å². The molecule has 0 radical (unpaired) electrons. The highest BCUT2D eigenvalue weighted by Gasteiger charge is 2.31. The number of carbonyl (C=O) groups is 2. The molecule has 2 fully saturated rings. The summed E-state index contributed by atoms with van der Waals surface area (Å²) in [7, 11) is 0. The van der Waals surface area contributed by atoms with Crippen molar-refractivity contribution >= 4 is 11.8 Å². The lowest BCUT2D eigenvalue weighted by Gasteiger charge is -2.19. The summed E-state index contributed by atoms with van der Waals surface area (Å²) in [6, 6.07) is 1.73. The molecule has 2 heterocycles. The van der Waals surface area contributed by atoms with Crippen molar-refractivity contribution < 1.29 is 14.1 Å².